The Morgan fingerprint density at radius 2 is 2.10 bits per heavy atom. The van der Waals surface area contributed by atoms with Gasteiger partial charge in [0.2, 0.25) is 0 Å². The molecule has 1 atom stereocenters. The first kappa shape index (κ1) is 22.1. The first-order chi connectivity index (χ1) is 14.6. The fourth-order valence-corrected chi connectivity index (χ4v) is 3.53. The summed E-state index contributed by atoms with van der Waals surface area (Å²) >= 11 is 0. The standard InChI is InChI=1S/C22H34N6O2/c1-4-23-22(25-15-21-27-26-20-11-6-5-7-12-28(20)21)24-14-19(29)17-9-8-10-18(13-17)30-16(2)3/h8-10,13,16,19,29H,4-7,11-12,14-15H2,1-3H3,(H2,23,24,25). The molecule has 2 heterocycles. The summed E-state index contributed by atoms with van der Waals surface area (Å²) in [4.78, 5) is 4.65. The predicted octanol–water partition coefficient (Wildman–Crippen LogP) is 2.58. The Hall–Kier alpha value is -2.61. The zero-order valence-corrected chi connectivity index (χ0v) is 18.3. The van der Waals surface area contributed by atoms with E-state index in [-0.39, 0.29) is 6.10 Å². The maximum Gasteiger partial charge on any atom is 0.191 e. The van der Waals surface area contributed by atoms with Gasteiger partial charge in [-0.05, 0) is 51.3 Å². The van der Waals surface area contributed by atoms with Crippen LogP contribution in [-0.4, -0.2) is 45.0 Å². The highest BCUT2D eigenvalue weighted by Crippen LogP contribution is 2.20. The lowest BCUT2D eigenvalue weighted by molar-refractivity contribution is 0.179. The Bertz CT molecular complexity index is 833. The first-order valence-electron chi connectivity index (χ1n) is 10.9. The molecule has 1 aliphatic heterocycles. The van der Waals surface area contributed by atoms with Crippen LogP contribution >= 0.6 is 0 Å². The SMILES string of the molecule is CCNC(=NCc1nnc2n1CCCCC2)NCC(O)c1cccc(OC(C)C)c1. The minimum atomic E-state index is -0.672. The quantitative estimate of drug-likeness (QED) is 0.454. The molecule has 1 unspecified atom stereocenters. The minimum Gasteiger partial charge on any atom is -0.491 e. The fourth-order valence-electron chi connectivity index (χ4n) is 3.53. The van der Waals surface area contributed by atoms with Gasteiger partial charge in [0.05, 0.1) is 12.2 Å². The summed E-state index contributed by atoms with van der Waals surface area (Å²) in [5.74, 6) is 3.37. The maximum atomic E-state index is 10.6. The summed E-state index contributed by atoms with van der Waals surface area (Å²) in [6.07, 6.45) is 3.97. The molecule has 0 spiro atoms. The van der Waals surface area contributed by atoms with Crippen molar-refractivity contribution in [2.45, 2.75) is 71.8 Å². The van der Waals surface area contributed by atoms with Crippen LogP contribution in [0.2, 0.25) is 0 Å². The van der Waals surface area contributed by atoms with E-state index in [1.807, 2.05) is 45.0 Å². The van der Waals surface area contributed by atoms with Gasteiger partial charge < -0.3 is 25.0 Å². The number of nitrogens with one attached hydrogen (secondary N) is 2. The predicted molar refractivity (Wildman–Crippen MR) is 118 cm³/mol. The minimum absolute atomic E-state index is 0.0928. The molecule has 0 radical (unpaired) electrons. The van der Waals surface area contributed by atoms with Crippen LogP contribution in [0, 0.1) is 0 Å². The summed E-state index contributed by atoms with van der Waals surface area (Å²) in [5.41, 5.74) is 0.805. The van der Waals surface area contributed by atoms with E-state index in [0.717, 1.165) is 48.9 Å². The Morgan fingerprint density at radius 3 is 2.90 bits per heavy atom. The number of aromatic nitrogens is 3. The van der Waals surface area contributed by atoms with Gasteiger partial charge in [-0.15, -0.1) is 10.2 Å². The zero-order valence-electron chi connectivity index (χ0n) is 18.3. The third kappa shape index (κ3) is 6.19. The molecule has 0 saturated heterocycles. The van der Waals surface area contributed by atoms with Crippen molar-refractivity contribution in [3.8, 4) is 5.75 Å². The van der Waals surface area contributed by atoms with Crippen LogP contribution in [0.3, 0.4) is 0 Å². The Kier molecular flexibility index (Phi) is 8.07. The summed E-state index contributed by atoms with van der Waals surface area (Å²) < 4.78 is 7.92. The summed E-state index contributed by atoms with van der Waals surface area (Å²) in [7, 11) is 0. The summed E-state index contributed by atoms with van der Waals surface area (Å²) in [6, 6.07) is 7.57. The van der Waals surface area contributed by atoms with E-state index < -0.39 is 6.10 Å². The van der Waals surface area contributed by atoms with Crippen LogP contribution in [0.5, 0.6) is 5.75 Å². The molecule has 0 fully saturated rings. The third-order valence-electron chi connectivity index (χ3n) is 4.99. The molecule has 8 heteroatoms. The van der Waals surface area contributed by atoms with Gasteiger partial charge in [-0.25, -0.2) is 4.99 Å². The van der Waals surface area contributed by atoms with Crippen LogP contribution in [-0.2, 0) is 19.5 Å². The first-order valence-corrected chi connectivity index (χ1v) is 10.9. The lowest BCUT2D eigenvalue weighted by Crippen LogP contribution is -2.39. The van der Waals surface area contributed by atoms with Gasteiger partial charge in [0, 0.05) is 26.1 Å². The molecule has 3 rings (SSSR count). The Balaban J connectivity index is 1.61. The number of hydrogen-bond donors (Lipinski definition) is 3. The topological polar surface area (TPSA) is 96.6 Å². The number of fused-ring (bicyclic) bond motifs is 1. The number of hydrogen-bond acceptors (Lipinski definition) is 5. The number of aliphatic hydroxyl groups excluding tert-OH is 1. The second-order valence-corrected chi connectivity index (χ2v) is 7.83. The smallest absolute Gasteiger partial charge is 0.191 e. The lowest BCUT2D eigenvalue weighted by Gasteiger charge is -2.17. The molecule has 2 aromatic rings. The van der Waals surface area contributed by atoms with Crippen LogP contribution < -0.4 is 15.4 Å². The van der Waals surface area contributed by atoms with Gasteiger partial charge in [0.15, 0.2) is 11.8 Å². The molecule has 1 aromatic carbocycles. The highest BCUT2D eigenvalue weighted by Gasteiger charge is 2.15. The number of aliphatic hydroxyl groups is 1. The van der Waals surface area contributed by atoms with Crippen molar-refractivity contribution < 1.29 is 9.84 Å². The number of rotatable bonds is 8. The number of guanidine groups is 1. The molecule has 1 aromatic heterocycles. The largest absolute Gasteiger partial charge is 0.491 e. The number of benzene rings is 1. The molecule has 0 amide bonds. The maximum absolute atomic E-state index is 10.6. The third-order valence-corrected chi connectivity index (χ3v) is 4.99. The van der Waals surface area contributed by atoms with Crippen molar-refractivity contribution in [2.75, 3.05) is 13.1 Å². The monoisotopic (exact) mass is 414 g/mol. The van der Waals surface area contributed by atoms with Crippen molar-refractivity contribution in [2.24, 2.45) is 4.99 Å². The van der Waals surface area contributed by atoms with Crippen molar-refractivity contribution in [3.05, 3.63) is 41.5 Å². The van der Waals surface area contributed by atoms with Crippen LogP contribution in [0.25, 0.3) is 0 Å². The molecule has 8 nitrogen and oxygen atoms in total. The molecule has 0 saturated carbocycles. The average Bonchev–Trinajstić information content (AvgIpc) is 2.95. The van der Waals surface area contributed by atoms with E-state index in [2.05, 4.69) is 30.4 Å². The molecule has 1 aliphatic rings. The van der Waals surface area contributed by atoms with Crippen molar-refractivity contribution in [1.29, 1.82) is 0 Å². The summed E-state index contributed by atoms with van der Waals surface area (Å²) in [6.45, 7) is 8.48. The van der Waals surface area contributed by atoms with E-state index in [0.29, 0.717) is 19.0 Å². The molecule has 30 heavy (non-hydrogen) atoms. The number of aryl methyl sites for hydroxylation is 1. The highest BCUT2D eigenvalue weighted by atomic mass is 16.5. The molecular weight excluding hydrogens is 380 g/mol. The highest BCUT2D eigenvalue weighted by molar-refractivity contribution is 5.79. The van der Waals surface area contributed by atoms with Gasteiger partial charge in [-0.3, -0.25) is 0 Å². The Labute approximate surface area is 178 Å². The molecule has 164 valence electrons. The zero-order chi connectivity index (χ0) is 21.3. The lowest BCUT2D eigenvalue weighted by atomic mass is 10.1. The molecule has 3 N–H and O–H groups in total. The van der Waals surface area contributed by atoms with Crippen LogP contribution in [0.15, 0.2) is 29.3 Å². The summed E-state index contributed by atoms with van der Waals surface area (Å²) in [5, 5.41) is 25.7. The number of aliphatic imine (C=N–C) groups is 1. The molecular formula is C22H34N6O2. The number of ether oxygens (including phenoxy) is 1. The molecule has 0 bridgehead atoms. The molecule has 0 aliphatic carbocycles. The van der Waals surface area contributed by atoms with E-state index in [1.165, 1.54) is 12.8 Å². The average molecular weight is 415 g/mol. The van der Waals surface area contributed by atoms with Crippen molar-refractivity contribution in [1.82, 2.24) is 25.4 Å². The second kappa shape index (κ2) is 11.0. The second-order valence-electron chi connectivity index (χ2n) is 7.83. The fraction of sp³-hybridized carbons (Fsp3) is 0.591. The van der Waals surface area contributed by atoms with Crippen molar-refractivity contribution >= 4 is 5.96 Å². The van der Waals surface area contributed by atoms with Gasteiger partial charge in [0.25, 0.3) is 0 Å². The van der Waals surface area contributed by atoms with Crippen LogP contribution in [0.4, 0.5) is 0 Å². The number of nitrogens with zero attached hydrogens (tertiary/aromatic N) is 4. The normalized spacial score (nSPS) is 15.4. The van der Waals surface area contributed by atoms with E-state index in [4.69, 9.17) is 4.74 Å². The van der Waals surface area contributed by atoms with Gasteiger partial charge >= 0.3 is 0 Å². The van der Waals surface area contributed by atoms with Gasteiger partial charge in [-0.2, -0.15) is 0 Å². The van der Waals surface area contributed by atoms with Gasteiger partial charge in [-0.1, -0.05) is 18.6 Å². The van der Waals surface area contributed by atoms with E-state index in [1.54, 1.807) is 0 Å². The Morgan fingerprint density at radius 1 is 1.23 bits per heavy atom. The van der Waals surface area contributed by atoms with E-state index in [9.17, 15) is 5.11 Å². The van der Waals surface area contributed by atoms with E-state index >= 15 is 0 Å². The van der Waals surface area contributed by atoms with Crippen LogP contribution in [0.1, 0.15) is 63.3 Å². The van der Waals surface area contributed by atoms with Gasteiger partial charge in [0.1, 0.15) is 18.1 Å². The van der Waals surface area contributed by atoms with Crippen molar-refractivity contribution in [3.63, 3.8) is 0 Å².